The summed E-state index contributed by atoms with van der Waals surface area (Å²) in [6, 6.07) is 22.1. The van der Waals surface area contributed by atoms with E-state index in [1.165, 1.54) is 0 Å². The minimum Gasteiger partial charge on any atom is -0.497 e. The number of carbonyl (C=O) groups is 1. The van der Waals surface area contributed by atoms with Crippen molar-refractivity contribution in [2.24, 2.45) is 5.92 Å². The number of nitrogens with one attached hydrogen (secondary N) is 2. The van der Waals surface area contributed by atoms with Crippen molar-refractivity contribution in [2.45, 2.75) is 18.7 Å². The van der Waals surface area contributed by atoms with Gasteiger partial charge in [-0.15, -0.1) is 0 Å². The smallest absolute Gasteiger partial charge is 0.236 e. The number of fused-ring (bicyclic) bond motifs is 4. The van der Waals surface area contributed by atoms with E-state index in [9.17, 15) is 4.79 Å². The Kier molecular flexibility index (Phi) is 5.53. The number of anilines is 2. The van der Waals surface area contributed by atoms with Crippen molar-refractivity contribution < 1.29 is 19.0 Å². The third-order valence-corrected chi connectivity index (χ3v) is 6.66. The summed E-state index contributed by atoms with van der Waals surface area (Å²) < 4.78 is 17.3. The zero-order valence-corrected chi connectivity index (χ0v) is 19.9. The van der Waals surface area contributed by atoms with E-state index < -0.39 is 17.7 Å². The lowest BCUT2D eigenvalue weighted by molar-refractivity contribution is -0.130. The molecule has 3 atom stereocenters. The summed E-state index contributed by atoms with van der Waals surface area (Å²) in [4.78, 5) is 15.7. The maximum absolute atomic E-state index is 13.8. The molecule has 34 heavy (non-hydrogen) atoms. The molecule has 0 radical (unpaired) electrons. The number of benzene rings is 3. The molecule has 1 saturated heterocycles. The summed E-state index contributed by atoms with van der Waals surface area (Å²) in [6.45, 7) is 1.91. The van der Waals surface area contributed by atoms with E-state index in [4.69, 9.17) is 26.4 Å². The molecular formula is C26H25N3O4S. The van der Waals surface area contributed by atoms with Crippen LogP contribution < -0.4 is 29.7 Å². The van der Waals surface area contributed by atoms with Gasteiger partial charge in [0.1, 0.15) is 23.2 Å². The first kappa shape index (κ1) is 22.0. The van der Waals surface area contributed by atoms with Crippen molar-refractivity contribution in [3.8, 4) is 17.2 Å². The van der Waals surface area contributed by atoms with Crippen LogP contribution in [0.25, 0.3) is 0 Å². The Morgan fingerprint density at radius 1 is 1.03 bits per heavy atom. The van der Waals surface area contributed by atoms with Gasteiger partial charge in [-0.25, -0.2) is 0 Å². The topological polar surface area (TPSA) is 72.1 Å². The van der Waals surface area contributed by atoms with Crippen molar-refractivity contribution in [1.29, 1.82) is 0 Å². The largest absolute Gasteiger partial charge is 0.497 e. The summed E-state index contributed by atoms with van der Waals surface area (Å²) in [7, 11) is 3.22. The van der Waals surface area contributed by atoms with E-state index in [0.29, 0.717) is 28.0 Å². The molecule has 0 spiro atoms. The van der Waals surface area contributed by atoms with E-state index >= 15 is 0 Å². The number of rotatable bonds is 5. The highest BCUT2D eigenvalue weighted by molar-refractivity contribution is 7.80. The maximum atomic E-state index is 13.8. The minimum absolute atomic E-state index is 0.193. The molecule has 0 saturated carbocycles. The van der Waals surface area contributed by atoms with Crippen LogP contribution in [-0.2, 0) is 4.79 Å². The summed E-state index contributed by atoms with van der Waals surface area (Å²) in [5.41, 5.74) is 1.24. The second-order valence-electron chi connectivity index (χ2n) is 8.35. The predicted molar refractivity (Wildman–Crippen MR) is 135 cm³/mol. The fraction of sp³-hybridized carbons (Fsp3) is 0.231. The van der Waals surface area contributed by atoms with Gasteiger partial charge in [0.15, 0.2) is 10.8 Å². The summed E-state index contributed by atoms with van der Waals surface area (Å²) in [6.07, 6.45) is 0. The second-order valence-corrected chi connectivity index (χ2v) is 8.74. The molecule has 5 rings (SSSR count). The Morgan fingerprint density at radius 2 is 1.71 bits per heavy atom. The number of para-hydroxylation sites is 1. The van der Waals surface area contributed by atoms with E-state index in [-0.39, 0.29) is 5.91 Å². The zero-order valence-electron chi connectivity index (χ0n) is 19.1. The molecule has 8 heteroatoms. The SMILES string of the molecule is COc1ccc(NC(=O)[C@H]2[C@@H]3NC(=S)N(c4ccccc4)[C@@]2(C)Oc2ccc(OC)cc23)cc1. The molecule has 3 aromatic rings. The lowest BCUT2D eigenvalue weighted by Gasteiger charge is -2.56. The van der Waals surface area contributed by atoms with Crippen LogP contribution in [0.5, 0.6) is 17.2 Å². The number of thiocarbonyl (C=S) groups is 1. The minimum atomic E-state index is -1.08. The Morgan fingerprint density at radius 3 is 2.38 bits per heavy atom. The highest BCUT2D eigenvalue weighted by atomic mass is 32.1. The fourth-order valence-corrected chi connectivity index (χ4v) is 5.16. The number of methoxy groups -OCH3 is 2. The first-order valence-corrected chi connectivity index (χ1v) is 11.3. The number of nitrogens with zero attached hydrogens (tertiary/aromatic N) is 1. The number of hydrogen-bond donors (Lipinski definition) is 2. The summed E-state index contributed by atoms with van der Waals surface area (Å²) in [5.74, 6) is 1.24. The monoisotopic (exact) mass is 475 g/mol. The first-order chi connectivity index (χ1) is 16.4. The third kappa shape index (κ3) is 3.60. The van der Waals surface area contributed by atoms with Crippen molar-refractivity contribution >= 4 is 34.6 Å². The van der Waals surface area contributed by atoms with Gasteiger partial charge in [-0.2, -0.15) is 0 Å². The van der Waals surface area contributed by atoms with Gasteiger partial charge in [-0.1, -0.05) is 18.2 Å². The molecule has 0 unspecified atom stereocenters. The van der Waals surface area contributed by atoms with Gasteiger partial charge in [0.25, 0.3) is 0 Å². The van der Waals surface area contributed by atoms with E-state index in [1.54, 1.807) is 26.4 Å². The summed E-state index contributed by atoms with van der Waals surface area (Å²) in [5, 5.41) is 6.94. The molecule has 3 aromatic carbocycles. The standard InChI is InChI=1S/C26H25N3O4S/c1-26-22(24(30)27-16-9-11-18(31-2)12-10-16)23(20-15-19(32-3)13-14-21(20)33-26)28-25(34)29(26)17-7-5-4-6-8-17/h4-15,22-23H,1-3H3,(H,27,30)(H,28,34)/t22-,23-,26+/m1/s1. The molecule has 0 aromatic heterocycles. The first-order valence-electron chi connectivity index (χ1n) is 10.9. The molecule has 2 aliphatic rings. The normalized spacial score (nSPS) is 22.7. The van der Waals surface area contributed by atoms with Gasteiger partial charge in [0.2, 0.25) is 5.91 Å². The van der Waals surface area contributed by atoms with Gasteiger partial charge in [0.05, 0.1) is 20.3 Å². The Labute approximate surface area is 203 Å². The van der Waals surface area contributed by atoms with Crippen LogP contribution in [0.4, 0.5) is 11.4 Å². The van der Waals surface area contributed by atoms with Gasteiger partial charge >= 0.3 is 0 Å². The number of ether oxygens (including phenoxy) is 3. The van der Waals surface area contributed by atoms with Crippen LogP contribution in [0, 0.1) is 5.92 Å². The molecule has 174 valence electrons. The average Bonchev–Trinajstić information content (AvgIpc) is 2.84. The molecule has 7 nitrogen and oxygen atoms in total. The molecule has 1 fully saturated rings. The highest BCUT2D eigenvalue weighted by Gasteiger charge is 2.59. The van der Waals surface area contributed by atoms with Crippen molar-refractivity contribution in [3.05, 3.63) is 78.4 Å². The van der Waals surface area contributed by atoms with Crippen molar-refractivity contribution in [3.63, 3.8) is 0 Å². The van der Waals surface area contributed by atoms with Crippen LogP contribution in [0.1, 0.15) is 18.5 Å². The van der Waals surface area contributed by atoms with Crippen molar-refractivity contribution in [2.75, 3.05) is 24.4 Å². The molecule has 1 amide bonds. The van der Waals surface area contributed by atoms with Crippen LogP contribution >= 0.6 is 12.2 Å². The van der Waals surface area contributed by atoms with Crippen LogP contribution in [0.3, 0.4) is 0 Å². The van der Waals surface area contributed by atoms with E-state index in [0.717, 1.165) is 11.3 Å². The molecule has 0 aliphatic carbocycles. The Balaban J connectivity index is 1.59. The number of amides is 1. The lowest BCUT2D eigenvalue weighted by Crippen LogP contribution is -2.72. The average molecular weight is 476 g/mol. The van der Waals surface area contributed by atoms with Gasteiger partial charge in [-0.05, 0) is 73.7 Å². The summed E-state index contributed by atoms with van der Waals surface area (Å²) >= 11 is 5.78. The van der Waals surface area contributed by atoms with Gasteiger partial charge in [0, 0.05) is 16.9 Å². The molecule has 2 heterocycles. The second kappa shape index (κ2) is 8.53. The third-order valence-electron chi connectivity index (χ3n) is 6.36. The van der Waals surface area contributed by atoms with Crippen LogP contribution in [-0.4, -0.2) is 31.0 Å². The Hall–Kier alpha value is -3.78. The molecule has 2 aliphatic heterocycles. The zero-order chi connectivity index (χ0) is 23.9. The van der Waals surface area contributed by atoms with Crippen LogP contribution in [0.2, 0.25) is 0 Å². The van der Waals surface area contributed by atoms with E-state index in [2.05, 4.69) is 10.6 Å². The maximum Gasteiger partial charge on any atom is 0.236 e. The molecule has 2 bridgehead atoms. The number of carbonyl (C=O) groups excluding carboxylic acids is 1. The van der Waals surface area contributed by atoms with E-state index in [1.807, 2.05) is 72.5 Å². The quantitative estimate of drug-likeness (QED) is 0.527. The van der Waals surface area contributed by atoms with Crippen molar-refractivity contribution in [1.82, 2.24) is 5.32 Å². The highest BCUT2D eigenvalue weighted by Crippen LogP contribution is 2.50. The van der Waals surface area contributed by atoms with Gasteiger partial charge in [-0.3, -0.25) is 9.69 Å². The fourth-order valence-electron chi connectivity index (χ4n) is 4.75. The predicted octanol–water partition coefficient (Wildman–Crippen LogP) is 4.50. The van der Waals surface area contributed by atoms with Gasteiger partial charge < -0.3 is 24.8 Å². The molecular weight excluding hydrogens is 450 g/mol. The Bertz CT molecular complexity index is 1230. The molecule has 2 N–H and O–H groups in total. The van der Waals surface area contributed by atoms with Crippen LogP contribution in [0.15, 0.2) is 72.8 Å². The number of hydrogen-bond acceptors (Lipinski definition) is 5. The lowest BCUT2D eigenvalue weighted by atomic mass is 9.78.